The second-order valence-corrected chi connectivity index (χ2v) is 8.22. The summed E-state index contributed by atoms with van der Waals surface area (Å²) in [6, 6.07) is 22.3. The maximum Gasteiger partial charge on any atom is 0.422 e. The molecule has 4 rings (SSSR count). The summed E-state index contributed by atoms with van der Waals surface area (Å²) in [5, 5.41) is 13.2. The lowest BCUT2D eigenvalue weighted by Gasteiger charge is -2.41. The van der Waals surface area contributed by atoms with Crippen LogP contribution in [0.15, 0.2) is 78.9 Å². The molecule has 1 unspecified atom stereocenters. The van der Waals surface area contributed by atoms with Gasteiger partial charge in [-0.2, -0.15) is 0 Å². The van der Waals surface area contributed by atoms with Crippen LogP contribution in [0.25, 0.3) is 0 Å². The van der Waals surface area contributed by atoms with E-state index in [2.05, 4.69) is 0 Å². The highest BCUT2D eigenvalue weighted by Gasteiger charge is 2.33. The van der Waals surface area contributed by atoms with Gasteiger partial charge in [0, 0.05) is 19.0 Å². The Kier molecular flexibility index (Phi) is 6.81. The van der Waals surface area contributed by atoms with Gasteiger partial charge in [-0.3, -0.25) is 0 Å². The molecule has 0 aliphatic carbocycles. The molecule has 1 amide bonds. The summed E-state index contributed by atoms with van der Waals surface area (Å²) in [5.41, 5.74) is 2.80. The molecule has 0 spiro atoms. The molecule has 0 saturated carbocycles. The van der Waals surface area contributed by atoms with Gasteiger partial charge in [0.05, 0.1) is 6.54 Å². The van der Waals surface area contributed by atoms with E-state index >= 15 is 0 Å². The highest BCUT2D eigenvalue weighted by atomic mass is 19.1. The van der Waals surface area contributed by atoms with E-state index in [-0.39, 0.29) is 30.0 Å². The van der Waals surface area contributed by atoms with Gasteiger partial charge < -0.3 is 5.11 Å². The topological polar surface area (TPSA) is 43.8 Å². The summed E-state index contributed by atoms with van der Waals surface area (Å²) < 4.78 is 27.2. The van der Waals surface area contributed by atoms with Gasteiger partial charge in [-0.05, 0) is 59.7 Å². The van der Waals surface area contributed by atoms with Crippen molar-refractivity contribution in [1.29, 1.82) is 0 Å². The number of halogens is 2. The average molecular weight is 437 g/mol. The summed E-state index contributed by atoms with van der Waals surface area (Å²) >= 11 is 0. The van der Waals surface area contributed by atoms with Crippen molar-refractivity contribution in [3.8, 4) is 0 Å². The fraction of sp³-hybridized carbons (Fsp3) is 0.269. The molecule has 0 bridgehead atoms. The van der Waals surface area contributed by atoms with Crippen molar-refractivity contribution in [2.24, 2.45) is 5.92 Å². The van der Waals surface area contributed by atoms with Crippen molar-refractivity contribution in [3.05, 3.63) is 107 Å². The summed E-state index contributed by atoms with van der Waals surface area (Å²) in [5.74, 6) is -0.614. The van der Waals surface area contributed by atoms with Crippen LogP contribution in [-0.4, -0.2) is 34.3 Å². The van der Waals surface area contributed by atoms with E-state index < -0.39 is 6.09 Å². The molecule has 1 aliphatic heterocycles. The zero-order chi connectivity index (χ0) is 22.5. The lowest BCUT2D eigenvalue weighted by molar-refractivity contribution is -0.0449. The van der Waals surface area contributed by atoms with E-state index in [0.717, 1.165) is 29.5 Å². The second-order valence-electron chi connectivity index (χ2n) is 8.22. The lowest BCUT2D eigenvalue weighted by Crippen LogP contribution is -2.50. The number of nitrogens with zero attached hydrogens (tertiary/aromatic N) is 2. The van der Waals surface area contributed by atoms with Gasteiger partial charge in [0.2, 0.25) is 0 Å². The highest BCUT2D eigenvalue weighted by Crippen LogP contribution is 2.38. The number of carboxylic acid groups (broad SMARTS) is 1. The van der Waals surface area contributed by atoms with Crippen LogP contribution in [0.4, 0.5) is 13.6 Å². The minimum Gasteiger partial charge on any atom is -0.464 e. The Balaban J connectivity index is 1.62. The Labute approximate surface area is 186 Å². The normalized spacial score (nSPS) is 16.8. The molecule has 1 saturated heterocycles. The molecule has 3 aromatic carbocycles. The molecule has 0 aromatic heterocycles. The van der Waals surface area contributed by atoms with Crippen LogP contribution in [0.1, 0.15) is 35.4 Å². The first-order valence-electron chi connectivity index (χ1n) is 10.8. The third kappa shape index (κ3) is 5.14. The number of hydrogen-bond acceptors (Lipinski definition) is 2. The first kappa shape index (κ1) is 22.0. The summed E-state index contributed by atoms with van der Waals surface area (Å²) in [4.78, 5) is 12.1. The number of amides is 1. The zero-order valence-electron chi connectivity index (χ0n) is 17.7. The maximum atomic E-state index is 13.6. The van der Waals surface area contributed by atoms with Crippen LogP contribution in [0.2, 0.25) is 0 Å². The van der Waals surface area contributed by atoms with Gasteiger partial charge in [0.15, 0.2) is 0 Å². The van der Waals surface area contributed by atoms with Crippen molar-refractivity contribution in [2.75, 3.05) is 13.1 Å². The fourth-order valence-electron chi connectivity index (χ4n) is 4.60. The zero-order valence-corrected chi connectivity index (χ0v) is 17.7. The van der Waals surface area contributed by atoms with Gasteiger partial charge in [0.1, 0.15) is 11.6 Å². The number of hydrogen-bond donors (Lipinski definition) is 1. The van der Waals surface area contributed by atoms with Crippen LogP contribution < -0.4 is 0 Å². The third-order valence-corrected chi connectivity index (χ3v) is 6.10. The predicted octanol–water partition coefficient (Wildman–Crippen LogP) is 5.90. The Morgan fingerprint density at radius 2 is 1.50 bits per heavy atom. The standard InChI is InChI=1S/C26H26F2N2O2/c27-23-12-8-20(9-13-23)25(21-10-14-24(28)15-11-21)22-7-4-16-29(18-22)30(26(31)32)17-19-5-2-1-3-6-19/h1-3,5-6,8-15,22,25H,4,7,16-18H2,(H,31,32). The van der Waals surface area contributed by atoms with Gasteiger partial charge in [-0.15, -0.1) is 0 Å². The van der Waals surface area contributed by atoms with Gasteiger partial charge in [0.25, 0.3) is 0 Å². The summed E-state index contributed by atoms with van der Waals surface area (Å²) in [6.07, 6.45) is 0.742. The molecule has 1 aliphatic rings. The molecule has 0 radical (unpaired) electrons. The molecular formula is C26H26F2N2O2. The van der Waals surface area contributed by atoms with E-state index in [1.54, 1.807) is 24.3 Å². The second kappa shape index (κ2) is 9.92. The Bertz CT molecular complexity index is 980. The van der Waals surface area contributed by atoms with Crippen LogP contribution >= 0.6 is 0 Å². The predicted molar refractivity (Wildman–Crippen MR) is 119 cm³/mol. The Morgan fingerprint density at radius 1 is 0.938 bits per heavy atom. The fourth-order valence-corrected chi connectivity index (χ4v) is 4.60. The number of benzene rings is 3. The molecule has 4 nitrogen and oxygen atoms in total. The number of piperidine rings is 1. The van der Waals surface area contributed by atoms with E-state index in [1.807, 2.05) is 35.3 Å². The van der Waals surface area contributed by atoms with Crippen molar-refractivity contribution in [3.63, 3.8) is 0 Å². The molecule has 1 fully saturated rings. The van der Waals surface area contributed by atoms with Crippen LogP contribution in [0, 0.1) is 17.6 Å². The number of hydrazine groups is 1. The molecule has 1 atom stereocenters. The first-order chi connectivity index (χ1) is 15.5. The molecule has 1 heterocycles. The van der Waals surface area contributed by atoms with Crippen molar-refractivity contribution in [2.45, 2.75) is 25.3 Å². The van der Waals surface area contributed by atoms with E-state index in [4.69, 9.17) is 0 Å². The average Bonchev–Trinajstić information content (AvgIpc) is 2.81. The monoisotopic (exact) mass is 436 g/mol. The van der Waals surface area contributed by atoms with E-state index in [0.29, 0.717) is 13.1 Å². The minimum absolute atomic E-state index is 0.0913. The Hall–Kier alpha value is -3.25. The maximum absolute atomic E-state index is 13.6. The quantitative estimate of drug-likeness (QED) is 0.523. The highest BCUT2D eigenvalue weighted by molar-refractivity contribution is 5.64. The Morgan fingerprint density at radius 3 is 2.03 bits per heavy atom. The van der Waals surface area contributed by atoms with Crippen molar-refractivity contribution in [1.82, 2.24) is 10.0 Å². The van der Waals surface area contributed by atoms with Crippen LogP contribution in [0.5, 0.6) is 0 Å². The summed E-state index contributed by atoms with van der Waals surface area (Å²) in [7, 11) is 0. The summed E-state index contributed by atoms with van der Waals surface area (Å²) in [6.45, 7) is 1.47. The minimum atomic E-state index is -0.991. The first-order valence-corrected chi connectivity index (χ1v) is 10.8. The third-order valence-electron chi connectivity index (χ3n) is 6.10. The van der Waals surface area contributed by atoms with Gasteiger partial charge >= 0.3 is 6.09 Å². The number of carbonyl (C=O) groups is 1. The van der Waals surface area contributed by atoms with Crippen molar-refractivity contribution < 1.29 is 18.7 Å². The van der Waals surface area contributed by atoms with Gasteiger partial charge in [-0.25, -0.2) is 23.6 Å². The molecule has 32 heavy (non-hydrogen) atoms. The SMILES string of the molecule is O=C(O)N(Cc1ccccc1)N1CCCC(C(c2ccc(F)cc2)c2ccc(F)cc2)C1. The molecule has 1 N–H and O–H groups in total. The van der Waals surface area contributed by atoms with E-state index in [1.165, 1.54) is 29.3 Å². The molecular weight excluding hydrogens is 410 g/mol. The van der Waals surface area contributed by atoms with Crippen LogP contribution in [-0.2, 0) is 6.54 Å². The molecule has 166 valence electrons. The van der Waals surface area contributed by atoms with E-state index in [9.17, 15) is 18.7 Å². The van der Waals surface area contributed by atoms with Gasteiger partial charge in [-0.1, -0.05) is 54.6 Å². The van der Waals surface area contributed by atoms with Crippen LogP contribution in [0.3, 0.4) is 0 Å². The lowest BCUT2D eigenvalue weighted by atomic mass is 9.77. The van der Waals surface area contributed by atoms with Crippen molar-refractivity contribution >= 4 is 6.09 Å². The smallest absolute Gasteiger partial charge is 0.422 e. The molecule has 6 heteroatoms. The largest absolute Gasteiger partial charge is 0.464 e. The molecule has 3 aromatic rings. The number of rotatable bonds is 6.